The average molecular weight is 314 g/mol. The quantitative estimate of drug-likeness (QED) is 0.366. The summed E-state index contributed by atoms with van der Waals surface area (Å²) in [5.41, 5.74) is -1.02. The highest BCUT2D eigenvalue weighted by Crippen LogP contribution is 2.22. The van der Waals surface area contributed by atoms with E-state index in [2.05, 4.69) is 0 Å². The number of ether oxygens (including phenoxy) is 1. The maximum Gasteiger partial charge on any atom is 0.359 e. The van der Waals surface area contributed by atoms with E-state index >= 15 is 0 Å². The van der Waals surface area contributed by atoms with Crippen molar-refractivity contribution in [3.05, 3.63) is 71.8 Å². The molecule has 1 atom stereocenters. The minimum Gasteiger partial charge on any atom is -0.478 e. The molecule has 23 heavy (non-hydrogen) atoms. The van der Waals surface area contributed by atoms with Gasteiger partial charge in [-0.2, -0.15) is 0 Å². The van der Waals surface area contributed by atoms with Gasteiger partial charge in [-0.15, -0.1) is 0 Å². The van der Waals surface area contributed by atoms with Crippen LogP contribution < -0.4 is 5.84 Å². The van der Waals surface area contributed by atoms with Crippen molar-refractivity contribution in [2.24, 2.45) is 5.84 Å². The first-order valence-electron chi connectivity index (χ1n) is 6.98. The average Bonchev–Trinajstić information content (AvgIpc) is 2.60. The van der Waals surface area contributed by atoms with Gasteiger partial charge in [0.1, 0.15) is 0 Å². The maximum atomic E-state index is 12.5. The number of carbonyl (C=O) groups excluding carboxylic acids is 1. The number of hydrazine groups is 1. The van der Waals surface area contributed by atoms with Crippen LogP contribution in [-0.4, -0.2) is 34.8 Å². The second kappa shape index (κ2) is 7.04. The number of methoxy groups -OCH3 is 1. The van der Waals surface area contributed by atoms with Gasteiger partial charge in [-0.05, 0) is 17.7 Å². The van der Waals surface area contributed by atoms with Crippen LogP contribution in [0.5, 0.6) is 0 Å². The maximum absolute atomic E-state index is 12.5. The molecule has 0 radical (unpaired) electrons. The molecule has 0 aromatic heterocycles. The van der Waals surface area contributed by atoms with E-state index < -0.39 is 17.6 Å². The molecule has 0 unspecified atom stereocenters. The summed E-state index contributed by atoms with van der Waals surface area (Å²) in [7, 11) is 1.22. The van der Waals surface area contributed by atoms with E-state index in [1.807, 2.05) is 6.07 Å². The van der Waals surface area contributed by atoms with E-state index in [1.165, 1.54) is 7.11 Å². The number of carboxylic acids is 1. The summed E-state index contributed by atoms with van der Waals surface area (Å²) in [5.74, 6) is 3.89. The molecule has 6 nitrogen and oxygen atoms in total. The fourth-order valence-corrected chi connectivity index (χ4v) is 2.28. The number of aliphatic carboxylic acids is 1. The van der Waals surface area contributed by atoms with Crippen molar-refractivity contribution in [1.82, 2.24) is 5.01 Å². The third kappa shape index (κ3) is 3.39. The molecule has 0 aliphatic heterocycles. The predicted octanol–water partition coefficient (Wildman–Crippen LogP) is 1.67. The second-order valence-electron chi connectivity index (χ2n) is 5.00. The number of hydrogen-bond acceptors (Lipinski definition) is 4. The van der Waals surface area contributed by atoms with Gasteiger partial charge in [0.2, 0.25) is 0 Å². The van der Waals surface area contributed by atoms with Crippen molar-refractivity contribution in [2.45, 2.75) is 12.1 Å². The molecule has 0 aliphatic carbocycles. The largest absolute Gasteiger partial charge is 0.478 e. The second-order valence-corrected chi connectivity index (χ2v) is 5.00. The summed E-state index contributed by atoms with van der Waals surface area (Å²) in [5, 5.41) is 10.3. The van der Waals surface area contributed by atoms with Gasteiger partial charge in [-0.3, -0.25) is 4.79 Å². The molecule has 0 aliphatic rings. The topological polar surface area (TPSA) is 92.9 Å². The van der Waals surface area contributed by atoms with Gasteiger partial charge in [0, 0.05) is 19.1 Å². The molecule has 2 rings (SSSR count). The zero-order valence-corrected chi connectivity index (χ0v) is 12.7. The lowest BCUT2D eigenvalue weighted by Gasteiger charge is -2.36. The van der Waals surface area contributed by atoms with Crippen LogP contribution in [-0.2, 0) is 16.0 Å². The predicted molar refractivity (Wildman–Crippen MR) is 84.3 cm³/mol. The van der Waals surface area contributed by atoms with Gasteiger partial charge in [-0.1, -0.05) is 48.5 Å². The van der Waals surface area contributed by atoms with E-state index in [0.29, 0.717) is 10.6 Å². The summed E-state index contributed by atoms with van der Waals surface area (Å²) in [6.45, 7) is 0. The van der Waals surface area contributed by atoms with Gasteiger partial charge in [-0.25, -0.2) is 15.6 Å². The van der Waals surface area contributed by atoms with Crippen LogP contribution in [0.25, 0.3) is 0 Å². The van der Waals surface area contributed by atoms with E-state index in [1.54, 1.807) is 54.6 Å². The Hall–Kier alpha value is -2.70. The highest BCUT2D eigenvalue weighted by atomic mass is 16.5. The number of carbonyl (C=O) groups is 2. The van der Waals surface area contributed by atoms with Crippen LogP contribution in [0, 0.1) is 0 Å². The lowest BCUT2D eigenvalue weighted by Crippen LogP contribution is -2.63. The minimum absolute atomic E-state index is 0.0747. The fourth-order valence-electron chi connectivity index (χ4n) is 2.28. The molecule has 6 heteroatoms. The Morgan fingerprint density at radius 1 is 1.09 bits per heavy atom. The first-order chi connectivity index (χ1) is 11.0. The Kier molecular flexibility index (Phi) is 5.10. The lowest BCUT2D eigenvalue weighted by atomic mass is 10.0. The number of rotatable bonds is 6. The number of benzene rings is 2. The van der Waals surface area contributed by atoms with Crippen LogP contribution in [0.2, 0.25) is 0 Å². The minimum atomic E-state index is -1.99. The SMILES string of the molecule is CO[C@](Cc1ccccc1)(C(=O)O)N(N)C(=O)c1ccccc1. The van der Waals surface area contributed by atoms with Crippen molar-refractivity contribution in [3.63, 3.8) is 0 Å². The molecule has 120 valence electrons. The zero-order valence-electron chi connectivity index (χ0n) is 12.7. The van der Waals surface area contributed by atoms with Crippen LogP contribution in [0.15, 0.2) is 60.7 Å². The third-order valence-corrected chi connectivity index (χ3v) is 3.59. The fraction of sp³-hybridized carbons (Fsp3) is 0.176. The number of nitrogens with two attached hydrogens (primary N) is 1. The number of carboxylic acid groups (broad SMARTS) is 1. The molecule has 0 bridgehead atoms. The Morgan fingerprint density at radius 2 is 1.61 bits per heavy atom. The van der Waals surface area contributed by atoms with Crippen molar-refractivity contribution in [1.29, 1.82) is 0 Å². The Bertz CT molecular complexity index is 676. The molecule has 0 saturated carbocycles. The summed E-state index contributed by atoms with van der Waals surface area (Å²) >= 11 is 0. The molecule has 3 N–H and O–H groups in total. The van der Waals surface area contributed by atoms with Crippen molar-refractivity contribution >= 4 is 11.9 Å². The Labute approximate surface area is 134 Å². The zero-order chi connectivity index (χ0) is 16.9. The van der Waals surface area contributed by atoms with E-state index in [-0.39, 0.29) is 12.0 Å². The molecular formula is C17H18N2O4. The number of nitrogens with zero attached hydrogens (tertiary/aromatic N) is 1. The van der Waals surface area contributed by atoms with Crippen LogP contribution in [0.4, 0.5) is 0 Å². The molecule has 2 aromatic carbocycles. The van der Waals surface area contributed by atoms with Crippen molar-refractivity contribution < 1.29 is 19.4 Å². The van der Waals surface area contributed by atoms with Crippen molar-refractivity contribution in [3.8, 4) is 0 Å². The third-order valence-electron chi connectivity index (χ3n) is 3.59. The van der Waals surface area contributed by atoms with Crippen LogP contribution in [0.3, 0.4) is 0 Å². The Balaban J connectivity index is 2.37. The molecular weight excluding hydrogens is 296 g/mol. The van der Waals surface area contributed by atoms with Crippen molar-refractivity contribution in [2.75, 3.05) is 7.11 Å². The highest BCUT2D eigenvalue weighted by molar-refractivity contribution is 5.97. The van der Waals surface area contributed by atoms with Gasteiger partial charge in [0.25, 0.3) is 11.6 Å². The van der Waals surface area contributed by atoms with E-state index in [4.69, 9.17) is 10.6 Å². The number of amides is 1. The molecule has 0 heterocycles. The van der Waals surface area contributed by atoms with Gasteiger partial charge in [0.15, 0.2) is 0 Å². The first kappa shape index (κ1) is 16.7. The van der Waals surface area contributed by atoms with Gasteiger partial charge >= 0.3 is 5.97 Å². The summed E-state index contributed by atoms with van der Waals surface area (Å²) in [4.78, 5) is 24.3. The smallest absolute Gasteiger partial charge is 0.359 e. The van der Waals surface area contributed by atoms with E-state index in [9.17, 15) is 14.7 Å². The Morgan fingerprint density at radius 3 is 2.09 bits per heavy atom. The van der Waals surface area contributed by atoms with Gasteiger partial charge < -0.3 is 9.84 Å². The van der Waals surface area contributed by atoms with Crippen LogP contribution in [0.1, 0.15) is 15.9 Å². The summed E-state index contributed by atoms with van der Waals surface area (Å²) in [6, 6.07) is 17.1. The van der Waals surface area contributed by atoms with Gasteiger partial charge in [0.05, 0.1) is 0 Å². The molecule has 0 saturated heterocycles. The van der Waals surface area contributed by atoms with Crippen LogP contribution >= 0.6 is 0 Å². The van der Waals surface area contributed by atoms with E-state index in [0.717, 1.165) is 0 Å². The summed E-state index contributed by atoms with van der Waals surface area (Å²) in [6.07, 6.45) is -0.0747. The normalized spacial score (nSPS) is 13.1. The summed E-state index contributed by atoms with van der Waals surface area (Å²) < 4.78 is 5.19. The lowest BCUT2D eigenvalue weighted by molar-refractivity contribution is -0.184. The molecule has 1 amide bonds. The standard InChI is InChI=1S/C17H18N2O4/c1-23-17(16(21)22,12-13-8-4-2-5-9-13)19(18)15(20)14-10-6-3-7-11-14/h2-11H,12,18H2,1H3,(H,21,22)/t17-/m1/s1. The highest BCUT2D eigenvalue weighted by Gasteiger charge is 2.46. The molecule has 2 aromatic rings. The monoisotopic (exact) mass is 314 g/mol. The molecule has 0 fully saturated rings. The number of hydrogen-bond donors (Lipinski definition) is 2. The molecule has 0 spiro atoms. The first-order valence-corrected chi connectivity index (χ1v) is 6.98.